The van der Waals surface area contributed by atoms with E-state index in [9.17, 15) is 23.9 Å². The maximum absolute atomic E-state index is 13.2. The highest BCUT2D eigenvalue weighted by atomic mass is 79.9. The molecule has 0 aliphatic heterocycles. The van der Waals surface area contributed by atoms with E-state index in [1.807, 2.05) is 13.8 Å². The molecule has 2 aromatic carbocycles. The fourth-order valence-electron chi connectivity index (χ4n) is 2.60. The van der Waals surface area contributed by atoms with E-state index in [2.05, 4.69) is 26.6 Å². The average molecular weight is 476 g/mol. The molecule has 2 rings (SSSR count). The molecule has 0 saturated heterocycles. The summed E-state index contributed by atoms with van der Waals surface area (Å²) in [5.74, 6) is -3.22. The number of carboxylic acids is 1. The normalized spacial score (nSPS) is 12.4. The molecule has 8 heteroatoms. The first-order chi connectivity index (χ1) is 14.2. The Morgan fingerprint density at radius 1 is 1.07 bits per heavy atom. The molecule has 2 amide bonds. The first-order valence-electron chi connectivity index (χ1n) is 9.21. The van der Waals surface area contributed by atoms with Crippen molar-refractivity contribution in [2.24, 2.45) is 5.92 Å². The number of rotatable bonds is 8. The van der Waals surface area contributed by atoms with Crippen molar-refractivity contribution >= 4 is 39.8 Å². The summed E-state index contributed by atoms with van der Waals surface area (Å²) in [6, 6.07) is 10.5. The number of aliphatic carboxylic acids is 1. The molecular weight excluding hydrogens is 455 g/mol. The lowest BCUT2D eigenvalue weighted by Crippen LogP contribution is -2.50. The molecule has 158 valence electrons. The summed E-state index contributed by atoms with van der Waals surface area (Å²) in [6.07, 6.45) is 1.51. The van der Waals surface area contributed by atoms with Crippen LogP contribution in [-0.2, 0) is 9.59 Å². The molecule has 0 bridgehead atoms. The van der Waals surface area contributed by atoms with Crippen LogP contribution >= 0.6 is 15.9 Å². The van der Waals surface area contributed by atoms with Crippen molar-refractivity contribution in [2.75, 3.05) is 0 Å². The smallest absolute Gasteiger partial charge is 0.268 e. The zero-order valence-electron chi connectivity index (χ0n) is 16.4. The lowest BCUT2D eigenvalue weighted by Gasteiger charge is -2.22. The molecule has 2 N–H and O–H groups in total. The summed E-state index contributed by atoms with van der Waals surface area (Å²) in [5, 5.41) is 16.3. The first-order valence-corrected chi connectivity index (χ1v) is 10.0. The van der Waals surface area contributed by atoms with Crippen molar-refractivity contribution in [3.8, 4) is 0 Å². The van der Waals surface area contributed by atoms with Crippen molar-refractivity contribution in [3.05, 3.63) is 75.6 Å². The van der Waals surface area contributed by atoms with Crippen LogP contribution < -0.4 is 15.7 Å². The maximum atomic E-state index is 13.2. The third kappa shape index (κ3) is 7.11. The van der Waals surface area contributed by atoms with E-state index in [1.54, 1.807) is 24.3 Å². The van der Waals surface area contributed by atoms with E-state index < -0.39 is 29.6 Å². The standard InChI is InChI=1S/C22H22BrFN2O4/c1-13(2)11-19(22(29)30)26-21(28)18(12-14-3-9-17(24)10-4-14)25-20(27)15-5-7-16(23)8-6-15/h3-10,12-13,19H,11H2,1-2H3,(H,25,27)(H,26,28)(H,29,30)/p-1/b18-12-/t19-/m1/s1. The predicted molar refractivity (Wildman–Crippen MR) is 112 cm³/mol. The molecule has 2 aromatic rings. The highest BCUT2D eigenvalue weighted by Crippen LogP contribution is 2.13. The Hall–Kier alpha value is -3.00. The lowest BCUT2D eigenvalue weighted by molar-refractivity contribution is -0.308. The molecule has 0 radical (unpaired) electrons. The molecule has 0 fully saturated rings. The number of hydrogen-bond donors (Lipinski definition) is 2. The van der Waals surface area contributed by atoms with Gasteiger partial charge < -0.3 is 20.5 Å². The summed E-state index contributed by atoms with van der Waals surface area (Å²) in [5.41, 5.74) is 0.575. The van der Waals surface area contributed by atoms with Crippen molar-refractivity contribution < 1.29 is 23.9 Å². The Morgan fingerprint density at radius 3 is 2.20 bits per heavy atom. The number of carbonyl (C=O) groups excluding carboxylic acids is 3. The minimum Gasteiger partial charge on any atom is -0.548 e. The Morgan fingerprint density at radius 2 is 1.67 bits per heavy atom. The van der Waals surface area contributed by atoms with E-state index in [-0.39, 0.29) is 18.0 Å². The van der Waals surface area contributed by atoms with E-state index in [0.717, 1.165) is 4.47 Å². The van der Waals surface area contributed by atoms with Gasteiger partial charge in [0.1, 0.15) is 11.5 Å². The van der Waals surface area contributed by atoms with Gasteiger partial charge in [-0.25, -0.2) is 4.39 Å². The van der Waals surface area contributed by atoms with Gasteiger partial charge in [0, 0.05) is 10.0 Å². The summed E-state index contributed by atoms with van der Waals surface area (Å²) in [4.78, 5) is 36.7. The van der Waals surface area contributed by atoms with Gasteiger partial charge in [-0.3, -0.25) is 9.59 Å². The number of nitrogens with one attached hydrogen (secondary N) is 2. The third-order valence-electron chi connectivity index (χ3n) is 4.08. The molecule has 0 unspecified atom stereocenters. The Bertz CT molecular complexity index is 941. The van der Waals surface area contributed by atoms with Crippen LogP contribution in [0.5, 0.6) is 0 Å². The highest BCUT2D eigenvalue weighted by molar-refractivity contribution is 9.10. The number of halogens is 2. The monoisotopic (exact) mass is 475 g/mol. The summed E-state index contributed by atoms with van der Waals surface area (Å²) in [6.45, 7) is 3.62. The van der Waals surface area contributed by atoms with E-state index in [0.29, 0.717) is 11.1 Å². The van der Waals surface area contributed by atoms with Crippen LogP contribution in [0.4, 0.5) is 4.39 Å². The Kier molecular flexibility index (Phi) is 8.29. The van der Waals surface area contributed by atoms with Crippen LogP contribution in [-0.4, -0.2) is 23.8 Å². The number of benzene rings is 2. The molecule has 0 aliphatic carbocycles. The minimum absolute atomic E-state index is 0.00455. The summed E-state index contributed by atoms with van der Waals surface area (Å²) < 4.78 is 14.0. The second-order valence-corrected chi connectivity index (χ2v) is 7.96. The van der Waals surface area contributed by atoms with Crippen LogP contribution in [0.2, 0.25) is 0 Å². The van der Waals surface area contributed by atoms with Crippen LogP contribution in [0.3, 0.4) is 0 Å². The van der Waals surface area contributed by atoms with Crippen LogP contribution in [0.25, 0.3) is 6.08 Å². The Balaban J connectivity index is 2.31. The quantitative estimate of drug-likeness (QED) is 0.573. The van der Waals surface area contributed by atoms with Gasteiger partial charge in [-0.1, -0.05) is 41.9 Å². The van der Waals surface area contributed by atoms with Crippen molar-refractivity contribution in [3.63, 3.8) is 0 Å². The topological polar surface area (TPSA) is 98.3 Å². The Labute approximate surface area is 182 Å². The fraction of sp³-hybridized carbons (Fsp3) is 0.227. The van der Waals surface area contributed by atoms with Gasteiger partial charge in [0.2, 0.25) is 0 Å². The molecular formula is C22H21BrFN2O4-. The number of hydrogen-bond acceptors (Lipinski definition) is 4. The lowest BCUT2D eigenvalue weighted by atomic mass is 10.0. The molecule has 0 heterocycles. The minimum atomic E-state index is -1.42. The maximum Gasteiger partial charge on any atom is 0.268 e. The van der Waals surface area contributed by atoms with E-state index in [4.69, 9.17) is 0 Å². The van der Waals surface area contributed by atoms with E-state index in [1.165, 1.54) is 30.3 Å². The first kappa shape index (κ1) is 23.3. The molecule has 0 spiro atoms. The predicted octanol–water partition coefficient (Wildman–Crippen LogP) is 2.64. The van der Waals surface area contributed by atoms with Crippen molar-refractivity contribution in [1.29, 1.82) is 0 Å². The highest BCUT2D eigenvalue weighted by Gasteiger charge is 2.20. The van der Waals surface area contributed by atoms with Crippen LogP contribution in [0.15, 0.2) is 58.7 Å². The summed E-state index contributed by atoms with van der Waals surface area (Å²) in [7, 11) is 0. The molecule has 0 aliphatic rings. The van der Waals surface area contributed by atoms with Gasteiger partial charge in [0.05, 0.1) is 12.0 Å². The van der Waals surface area contributed by atoms with Gasteiger partial charge in [-0.15, -0.1) is 0 Å². The zero-order chi connectivity index (χ0) is 22.3. The molecule has 30 heavy (non-hydrogen) atoms. The molecule has 6 nitrogen and oxygen atoms in total. The SMILES string of the molecule is CC(C)C[C@@H](NC(=O)/C(=C/c1ccc(F)cc1)NC(=O)c1ccc(Br)cc1)C(=O)[O-]. The van der Waals surface area contributed by atoms with Gasteiger partial charge in [-0.05, 0) is 60.4 Å². The number of carbonyl (C=O) groups is 3. The third-order valence-corrected chi connectivity index (χ3v) is 4.61. The summed E-state index contributed by atoms with van der Waals surface area (Å²) >= 11 is 3.28. The molecule has 1 atom stereocenters. The van der Waals surface area contributed by atoms with Crippen molar-refractivity contribution in [2.45, 2.75) is 26.3 Å². The van der Waals surface area contributed by atoms with Crippen LogP contribution in [0, 0.1) is 11.7 Å². The average Bonchev–Trinajstić information content (AvgIpc) is 2.68. The largest absolute Gasteiger partial charge is 0.548 e. The number of amides is 2. The van der Waals surface area contributed by atoms with Gasteiger partial charge in [0.25, 0.3) is 11.8 Å². The zero-order valence-corrected chi connectivity index (χ0v) is 18.0. The second kappa shape index (κ2) is 10.7. The van der Waals surface area contributed by atoms with Crippen molar-refractivity contribution in [1.82, 2.24) is 10.6 Å². The molecule has 0 saturated carbocycles. The second-order valence-electron chi connectivity index (χ2n) is 7.05. The van der Waals surface area contributed by atoms with Gasteiger partial charge in [0.15, 0.2) is 0 Å². The van der Waals surface area contributed by atoms with Gasteiger partial charge >= 0.3 is 0 Å². The fourth-order valence-corrected chi connectivity index (χ4v) is 2.87. The molecule has 0 aromatic heterocycles. The number of carboxylic acid groups (broad SMARTS) is 1. The van der Waals surface area contributed by atoms with Gasteiger partial charge in [-0.2, -0.15) is 0 Å². The van der Waals surface area contributed by atoms with E-state index >= 15 is 0 Å². The van der Waals surface area contributed by atoms with Crippen LogP contribution in [0.1, 0.15) is 36.2 Å².